The molecular weight excluding hydrogens is 566 g/mol. The Balaban J connectivity index is 1.57. The number of para-hydroxylation sites is 2. The third-order valence-electron chi connectivity index (χ3n) is 9.51. The van der Waals surface area contributed by atoms with Gasteiger partial charge in [0.15, 0.2) is 0 Å². The van der Waals surface area contributed by atoms with Crippen molar-refractivity contribution in [2.24, 2.45) is 10.2 Å². The molecule has 0 bridgehead atoms. The molecule has 0 aliphatic rings. The Labute approximate surface area is 272 Å². The maximum atomic E-state index is 9.88. The number of hydrogen-bond donors (Lipinski definition) is 2. The molecule has 0 aliphatic heterocycles. The number of nitrogens with zero attached hydrogens (tertiary/aromatic N) is 4. The third-order valence-corrected chi connectivity index (χ3v) is 9.51. The minimum absolute atomic E-state index is 0.216. The smallest absolute Gasteiger partial charge is 0.120 e. The van der Waals surface area contributed by atoms with Crippen molar-refractivity contribution in [3.05, 3.63) is 72.8 Å². The van der Waals surface area contributed by atoms with Gasteiger partial charge in [-0.25, -0.2) is 0 Å². The number of unbranched alkanes of at least 4 members (excludes halogenated alkanes) is 10. The standard InChI is InChI=1S/C40H49N5O/c1-3-5-7-9-11-17-27-44-34-22-16-14-20-32(34)36-38(43-42-29-23-25-30(46)26-24-29)40-35(37(41)39(36)44)31-19-13-15-21-33(31)45(40)28-18-12-10-8-6-4-2/h13-16,19-26,46H,3-12,17-18,27-28,41H2,1-2H3. The van der Waals surface area contributed by atoms with Crippen LogP contribution in [0.4, 0.5) is 17.1 Å². The highest BCUT2D eigenvalue weighted by Crippen LogP contribution is 2.49. The van der Waals surface area contributed by atoms with E-state index in [0.717, 1.165) is 64.5 Å². The van der Waals surface area contributed by atoms with E-state index < -0.39 is 0 Å². The van der Waals surface area contributed by atoms with E-state index in [4.69, 9.17) is 16.0 Å². The number of phenols is 1. The SMILES string of the molecule is CCCCCCCCn1c2ccccc2c2c(N=Nc3ccc(O)cc3)c3c(c(N)c21)c1ccccc1n3CCCCCCCC. The van der Waals surface area contributed by atoms with Crippen LogP contribution in [0.5, 0.6) is 5.75 Å². The van der Waals surface area contributed by atoms with E-state index in [1.807, 2.05) is 0 Å². The van der Waals surface area contributed by atoms with Gasteiger partial charge in [0.25, 0.3) is 0 Å². The van der Waals surface area contributed by atoms with Gasteiger partial charge in [0.1, 0.15) is 11.4 Å². The van der Waals surface area contributed by atoms with Crippen LogP contribution in [-0.2, 0) is 13.1 Å². The van der Waals surface area contributed by atoms with Crippen LogP contribution in [0.3, 0.4) is 0 Å². The second-order valence-electron chi connectivity index (χ2n) is 12.8. The first-order chi connectivity index (χ1) is 22.6. The summed E-state index contributed by atoms with van der Waals surface area (Å²) in [5.41, 5.74) is 14.2. The number of fused-ring (bicyclic) bond motifs is 6. The lowest BCUT2D eigenvalue weighted by atomic mass is 10.0. The second kappa shape index (κ2) is 14.8. The van der Waals surface area contributed by atoms with Crippen molar-refractivity contribution in [1.29, 1.82) is 0 Å². The lowest BCUT2D eigenvalue weighted by molar-refractivity contribution is 0.475. The zero-order valence-electron chi connectivity index (χ0n) is 27.6. The predicted molar refractivity (Wildman–Crippen MR) is 196 cm³/mol. The van der Waals surface area contributed by atoms with Gasteiger partial charge in [0.05, 0.1) is 22.4 Å². The molecule has 0 aliphatic carbocycles. The second-order valence-corrected chi connectivity index (χ2v) is 12.8. The Bertz CT molecular complexity index is 1940. The average Bonchev–Trinajstić information content (AvgIpc) is 3.59. The lowest BCUT2D eigenvalue weighted by Crippen LogP contribution is -2.02. The van der Waals surface area contributed by atoms with Gasteiger partial charge >= 0.3 is 0 Å². The Morgan fingerprint density at radius 3 is 1.65 bits per heavy atom. The molecule has 0 spiro atoms. The first-order valence-corrected chi connectivity index (χ1v) is 17.6. The van der Waals surface area contributed by atoms with Crippen LogP contribution >= 0.6 is 0 Å². The van der Waals surface area contributed by atoms with Gasteiger partial charge in [0.2, 0.25) is 0 Å². The molecular formula is C40H49N5O. The fourth-order valence-electron chi connectivity index (χ4n) is 7.17. The van der Waals surface area contributed by atoms with Crippen molar-refractivity contribution >= 4 is 60.7 Å². The van der Waals surface area contributed by atoms with Gasteiger partial charge in [-0.2, -0.15) is 5.11 Å². The highest BCUT2D eigenvalue weighted by atomic mass is 16.3. The molecule has 4 aromatic carbocycles. The number of aromatic nitrogens is 2. The molecule has 6 heteroatoms. The maximum absolute atomic E-state index is 9.88. The number of rotatable bonds is 16. The average molecular weight is 616 g/mol. The molecule has 0 saturated heterocycles. The molecule has 0 atom stereocenters. The summed E-state index contributed by atoms with van der Waals surface area (Å²) in [6.45, 7) is 6.35. The number of aromatic hydroxyl groups is 1. The minimum atomic E-state index is 0.216. The van der Waals surface area contributed by atoms with Crippen LogP contribution in [0.15, 0.2) is 83.0 Å². The lowest BCUT2D eigenvalue weighted by Gasteiger charge is -2.13. The topological polar surface area (TPSA) is 80.8 Å². The van der Waals surface area contributed by atoms with Gasteiger partial charge in [-0.3, -0.25) is 0 Å². The minimum Gasteiger partial charge on any atom is -0.508 e. The zero-order chi connectivity index (χ0) is 31.9. The Morgan fingerprint density at radius 1 is 0.565 bits per heavy atom. The monoisotopic (exact) mass is 615 g/mol. The van der Waals surface area contributed by atoms with Gasteiger partial charge in [-0.1, -0.05) is 114 Å². The van der Waals surface area contributed by atoms with Crippen LogP contribution in [0.1, 0.15) is 90.9 Å². The highest BCUT2D eigenvalue weighted by molar-refractivity contribution is 6.30. The molecule has 2 aromatic heterocycles. The van der Waals surface area contributed by atoms with Crippen molar-refractivity contribution < 1.29 is 5.11 Å². The van der Waals surface area contributed by atoms with Gasteiger partial charge in [-0.15, -0.1) is 5.11 Å². The van der Waals surface area contributed by atoms with Crippen LogP contribution in [0.25, 0.3) is 43.6 Å². The van der Waals surface area contributed by atoms with E-state index in [-0.39, 0.29) is 5.75 Å². The molecule has 2 heterocycles. The number of aryl methyl sites for hydroxylation is 2. The molecule has 46 heavy (non-hydrogen) atoms. The number of nitrogen functional groups attached to an aromatic ring is 1. The van der Waals surface area contributed by atoms with Crippen molar-refractivity contribution in [1.82, 2.24) is 9.13 Å². The molecule has 0 fully saturated rings. The number of azo groups is 1. The maximum Gasteiger partial charge on any atom is 0.120 e. The molecule has 0 amide bonds. The van der Waals surface area contributed by atoms with E-state index in [1.165, 1.54) is 80.6 Å². The van der Waals surface area contributed by atoms with E-state index in [2.05, 4.69) is 71.5 Å². The van der Waals surface area contributed by atoms with Gasteiger partial charge in [0, 0.05) is 45.7 Å². The first kappa shape index (κ1) is 31.7. The van der Waals surface area contributed by atoms with Crippen LogP contribution in [0, 0.1) is 0 Å². The largest absolute Gasteiger partial charge is 0.508 e. The van der Waals surface area contributed by atoms with Crippen molar-refractivity contribution in [3.8, 4) is 5.75 Å². The summed E-state index contributed by atoms with van der Waals surface area (Å²) >= 11 is 0. The molecule has 6 aromatic rings. The molecule has 0 unspecified atom stereocenters. The van der Waals surface area contributed by atoms with Gasteiger partial charge < -0.3 is 20.0 Å². The molecule has 6 nitrogen and oxygen atoms in total. The fraction of sp³-hybridized carbons (Fsp3) is 0.400. The number of benzene rings is 4. The Morgan fingerprint density at radius 2 is 1.07 bits per heavy atom. The highest BCUT2D eigenvalue weighted by Gasteiger charge is 2.25. The van der Waals surface area contributed by atoms with Crippen molar-refractivity contribution in [2.75, 3.05) is 5.73 Å². The summed E-state index contributed by atoms with van der Waals surface area (Å²) in [6.07, 6.45) is 14.9. The van der Waals surface area contributed by atoms with Gasteiger partial charge in [-0.05, 0) is 49.2 Å². The number of phenolic OH excluding ortho intramolecular Hbond substituents is 1. The number of nitrogens with two attached hydrogens (primary N) is 1. The number of hydrogen-bond acceptors (Lipinski definition) is 4. The molecule has 0 radical (unpaired) electrons. The Hall–Kier alpha value is -4.32. The summed E-state index contributed by atoms with van der Waals surface area (Å²) in [5, 5.41) is 24.2. The molecule has 3 N–H and O–H groups in total. The molecule has 6 rings (SSSR count). The summed E-state index contributed by atoms with van der Waals surface area (Å²) in [4.78, 5) is 0. The predicted octanol–water partition coefficient (Wildman–Crippen LogP) is 12.3. The van der Waals surface area contributed by atoms with Crippen LogP contribution < -0.4 is 5.73 Å². The third kappa shape index (κ3) is 6.35. The Kier molecular flexibility index (Phi) is 10.2. The first-order valence-electron chi connectivity index (χ1n) is 17.6. The summed E-state index contributed by atoms with van der Waals surface area (Å²) in [5.74, 6) is 0.216. The summed E-state index contributed by atoms with van der Waals surface area (Å²) in [7, 11) is 0. The van der Waals surface area contributed by atoms with Crippen molar-refractivity contribution in [3.63, 3.8) is 0 Å². The van der Waals surface area contributed by atoms with E-state index in [1.54, 1.807) is 24.3 Å². The van der Waals surface area contributed by atoms with Crippen LogP contribution in [-0.4, -0.2) is 14.2 Å². The quantitative estimate of drug-likeness (QED) is 0.0645. The molecule has 240 valence electrons. The van der Waals surface area contributed by atoms with E-state index in [0.29, 0.717) is 5.69 Å². The van der Waals surface area contributed by atoms with Crippen LogP contribution in [0.2, 0.25) is 0 Å². The zero-order valence-corrected chi connectivity index (χ0v) is 27.6. The fourth-order valence-corrected chi connectivity index (χ4v) is 7.17. The summed E-state index contributed by atoms with van der Waals surface area (Å²) < 4.78 is 4.89. The van der Waals surface area contributed by atoms with E-state index >= 15 is 0 Å². The van der Waals surface area contributed by atoms with E-state index in [9.17, 15) is 5.11 Å². The number of anilines is 1. The normalized spacial score (nSPS) is 12.1. The molecule has 0 saturated carbocycles. The summed E-state index contributed by atoms with van der Waals surface area (Å²) in [6, 6.07) is 24.3. The van der Waals surface area contributed by atoms with Crippen molar-refractivity contribution in [2.45, 2.75) is 104 Å².